The van der Waals surface area contributed by atoms with Gasteiger partial charge in [0, 0.05) is 27.9 Å². The lowest BCUT2D eigenvalue weighted by atomic mass is 10.1. The Bertz CT molecular complexity index is 1230. The Hall–Kier alpha value is -2.75. The van der Waals surface area contributed by atoms with Gasteiger partial charge in [0.2, 0.25) is 0 Å². The number of carbonyl (C=O) groups is 1. The smallest absolute Gasteiger partial charge is 0.416 e. The first-order valence-corrected chi connectivity index (χ1v) is 11.2. The highest BCUT2D eigenvalue weighted by molar-refractivity contribution is 7.80. The molecule has 0 atom stereocenters. The molecular formula is C23H17ClF3NO3S2. The van der Waals surface area contributed by atoms with Gasteiger partial charge in [-0.25, -0.2) is 4.79 Å². The summed E-state index contributed by atoms with van der Waals surface area (Å²) < 4.78 is 38.3. The van der Waals surface area contributed by atoms with E-state index in [1.54, 1.807) is 24.4 Å². The molecule has 172 valence electrons. The van der Waals surface area contributed by atoms with Crippen LogP contribution in [0.4, 0.5) is 13.2 Å². The maximum absolute atomic E-state index is 12.8. The van der Waals surface area contributed by atoms with E-state index in [1.165, 1.54) is 29.5 Å². The van der Waals surface area contributed by atoms with E-state index in [1.807, 2.05) is 0 Å². The molecule has 33 heavy (non-hydrogen) atoms. The van der Waals surface area contributed by atoms with Gasteiger partial charge in [0.05, 0.1) is 27.6 Å². The van der Waals surface area contributed by atoms with Gasteiger partial charge in [-0.2, -0.15) is 13.2 Å². The third-order valence-electron chi connectivity index (χ3n) is 4.79. The average Bonchev–Trinajstić information content (AvgIpc) is 3.12. The van der Waals surface area contributed by atoms with Crippen molar-refractivity contribution in [2.75, 3.05) is 6.54 Å². The van der Waals surface area contributed by atoms with Gasteiger partial charge in [-0.3, -0.25) is 4.99 Å². The molecule has 0 bridgehead atoms. The number of hydrogen-bond donors (Lipinski definition) is 2. The quantitative estimate of drug-likeness (QED) is 0.267. The third kappa shape index (κ3) is 5.98. The van der Waals surface area contributed by atoms with Crippen molar-refractivity contribution < 1.29 is 28.2 Å². The zero-order valence-corrected chi connectivity index (χ0v) is 19.5. The standard InChI is InChI=1S/C23H17ClF3NO3S2/c1-12(28-10-16(32)8-13-2-7-17(22(30)31)19(24)9-13)18-11-33-21(20(18)29)14-3-5-15(6-4-14)23(25,26)27/h2-7,9,11,29H,8,10H2,1H3,(H,30,31). The molecule has 0 unspecified atom stereocenters. The van der Waals surface area contributed by atoms with E-state index in [0.29, 0.717) is 33.0 Å². The van der Waals surface area contributed by atoms with Gasteiger partial charge in [0.1, 0.15) is 5.75 Å². The van der Waals surface area contributed by atoms with Crippen molar-refractivity contribution >= 4 is 51.7 Å². The van der Waals surface area contributed by atoms with Crippen LogP contribution in [0, 0.1) is 0 Å². The number of carboxylic acids is 1. The van der Waals surface area contributed by atoms with Crippen LogP contribution in [0.15, 0.2) is 52.8 Å². The van der Waals surface area contributed by atoms with E-state index in [4.69, 9.17) is 28.9 Å². The number of carboxylic acid groups (broad SMARTS) is 1. The van der Waals surface area contributed by atoms with Gasteiger partial charge in [-0.05, 0) is 42.3 Å². The summed E-state index contributed by atoms with van der Waals surface area (Å²) in [5.41, 5.74) is 1.49. The molecule has 0 amide bonds. The van der Waals surface area contributed by atoms with Crippen molar-refractivity contribution in [3.05, 3.63) is 75.1 Å². The van der Waals surface area contributed by atoms with Gasteiger partial charge >= 0.3 is 12.1 Å². The predicted molar refractivity (Wildman–Crippen MR) is 128 cm³/mol. The van der Waals surface area contributed by atoms with Gasteiger partial charge < -0.3 is 10.2 Å². The Morgan fingerprint density at radius 1 is 1.15 bits per heavy atom. The number of aliphatic imine (C=N–C) groups is 1. The van der Waals surface area contributed by atoms with Crippen LogP contribution < -0.4 is 0 Å². The largest absolute Gasteiger partial charge is 0.506 e. The molecule has 0 aliphatic heterocycles. The van der Waals surface area contributed by atoms with Gasteiger partial charge in [-0.1, -0.05) is 42.0 Å². The molecule has 3 rings (SSSR count). The van der Waals surface area contributed by atoms with Crippen molar-refractivity contribution in [1.82, 2.24) is 0 Å². The highest BCUT2D eigenvalue weighted by Gasteiger charge is 2.30. The Labute approximate surface area is 202 Å². The zero-order valence-electron chi connectivity index (χ0n) is 17.1. The predicted octanol–water partition coefficient (Wildman–Crippen LogP) is 6.91. The average molecular weight is 512 g/mol. The van der Waals surface area contributed by atoms with Crippen LogP contribution in [-0.4, -0.2) is 33.3 Å². The summed E-state index contributed by atoms with van der Waals surface area (Å²) in [6.45, 7) is 1.91. The molecule has 0 radical (unpaired) electrons. The van der Waals surface area contributed by atoms with E-state index < -0.39 is 17.7 Å². The summed E-state index contributed by atoms with van der Waals surface area (Å²) >= 11 is 12.6. The Balaban J connectivity index is 1.70. The van der Waals surface area contributed by atoms with Crippen LogP contribution in [0.3, 0.4) is 0 Å². The number of hydrogen-bond acceptors (Lipinski definition) is 5. The molecule has 0 fully saturated rings. The number of halogens is 4. The third-order valence-corrected chi connectivity index (χ3v) is 6.39. The van der Waals surface area contributed by atoms with Gasteiger partial charge in [0.25, 0.3) is 0 Å². The molecule has 0 aliphatic rings. The van der Waals surface area contributed by atoms with Gasteiger partial charge in [0.15, 0.2) is 0 Å². The van der Waals surface area contributed by atoms with Crippen LogP contribution >= 0.6 is 35.2 Å². The molecule has 0 saturated carbocycles. The second-order valence-electron chi connectivity index (χ2n) is 7.14. The summed E-state index contributed by atoms with van der Waals surface area (Å²) in [6, 6.07) is 9.20. The zero-order chi connectivity index (χ0) is 24.3. The first kappa shape index (κ1) is 24.9. The first-order chi connectivity index (χ1) is 15.5. The monoisotopic (exact) mass is 511 g/mol. The Morgan fingerprint density at radius 2 is 1.82 bits per heavy atom. The minimum atomic E-state index is -4.42. The number of aromatic hydroxyl groups is 1. The summed E-state index contributed by atoms with van der Waals surface area (Å²) in [4.78, 5) is 16.5. The fraction of sp³-hybridized carbons (Fsp3) is 0.174. The Kier molecular flexibility index (Phi) is 7.56. The SMILES string of the molecule is CC(=NCC(=S)Cc1ccc(C(=O)O)c(Cl)c1)c1csc(-c2ccc(C(F)(F)F)cc2)c1O. The number of thiocarbonyl (C=S) groups is 1. The van der Waals surface area contributed by atoms with Crippen LogP contribution in [0.2, 0.25) is 5.02 Å². The van der Waals surface area contributed by atoms with E-state index >= 15 is 0 Å². The lowest BCUT2D eigenvalue weighted by Gasteiger charge is -2.07. The second kappa shape index (κ2) is 10.0. The lowest BCUT2D eigenvalue weighted by molar-refractivity contribution is -0.137. The lowest BCUT2D eigenvalue weighted by Crippen LogP contribution is -2.07. The van der Waals surface area contributed by atoms with Crippen molar-refractivity contribution in [3.8, 4) is 16.2 Å². The fourth-order valence-corrected chi connectivity index (χ4v) is 4.57. The van der Waals surface area contributed by atoms with Crippen LogP contribution in [0.5, 0.6) is 5.75 Å². The number of aromatic carboxylic acids is 1. The van der Waals surface area contributed by atoms with Crippen molar-refractivity contribution in [2.24, 2.45) is 4.99 Å². The van der Waals surface area contributed by atoms with E-state index in [0.717, 1.165) is 17.7 Å². The molecule has 0 aliphatic carbocycles. The van der Waals surface area contributed by atoms with Crippen LogP contribution in [0.1, 0.15) is 34.0 Å². The Morgan fingerprint density at radius 3 is 2.39 bits per heavy atom. The van der Waals surface area contributed by atoms with Crippen molar-refractivity contribution in [1.29, 1.82) is 0 Å². The molecule has 1 aromatic heterocycles. The maximum atomic E-state index is 12.8. The minimum absolute atomic E-state index is 0.0111. The van der Waals surface area contributed by atoms with Crippen LogP contribution in [0.25, 0.3) is 10.4 Å². The summed E-state index contributed by atoms with van der Waals surface area (Å²) in [5.74, 6) is -1.16. The van der Waals surface area contributed by atoms with E-state index in [2.05, 4.69) is 4.99 Å². The normalized spacial score (nSPS) is 12.1. The number of benzene rings is 2. The topological polar surface area (TPSA) is 69.9 Å². The second-order valence-corrected chi connectivity index (χ2v) is 9.00. The van der Waals surface area contributed by atoms with E-state index in [9.17, 15) is 23.1 Å². The van der Waals surface area contributed by atoms with Crippen LogP contribution in [-0.2, 0) is 12.6 Å². The van der Waals surface area contributed by atoms with E-state index in [-0.39, 0.29) is 22.9 Å². The summed E-state index contributed by atoms with van der Waals surface area (Å²) in [6.07, 6.45) is -4.05. The molecule has 2 N–H and O–H groups in total. The number of nitrogens with zero attached hydrogens (tertiary/aromatic N) is 1. The van der Waals surface area contributed by atoms with Crippen molar-refractivity contribution in [2.45, 2.75) is 19.5 Å². The number of thiophene rings is 1. The number of alkyl halides is 3. The number of rotatable bonds is 7. The van der Waals surface area contributed by atoms with Crippen molar-refractivity contribution in [3.63, 3.8) is 0 Å². The minimum Gasteiger partial charge on any atom is -0.506 e. The fourth-order valence-electron chi connectivity index (χ4n) is 3.04. The molecule has 10 heteroatoms. The molecule has 0 spiro atoms. The molecule has 2 aromatic carbocycles. The molecule has 4 nitrogen and oxygen atoms in total. The molecular weight excluding hydrogens is 495 g/mol. The first-order valence-electron chi connectivity index (χ1n) is 9.50. The molecule has 0 saturated heterocycles. The van der Waals surface area contributed by atoms with Gasteiger partial charge in [-0.15, -0.1) is 11.3 Å². The molecule has 3 aromatic rings. The summed E-state index contributed by atoms with van der Waals surface area (Å²) in [7, 11) is 0. The highest BCUT2D eigenvalue weighted by atomic mass is 35.5. The maximum Gasteiger partial charge on any atom is 0.416 e. The molecule has 1 heterocycles. The summed E-state index contributed by atoms with van der Waals surface area (Å²) in [5, 5.41) is 21.5. The highest BCUT2D eigenvalue weighted by Crippen LogP contribution is 2.40.